The van der Waals surface area contributed by atoms with E-state index in [1.165, 1.54) is 6.08 Å². The van der Waals surface area contributed by atoms with Crippen molar-refractivity contribution in [3.05, 3.63) is 40.8 Å². The Kier molecular flexibility index (Phi) is 4.81. The second-order valence-electron chi connectivity index (χ2n) is 4.37. The summed E-state index contributed by atoms with van der Waals surface area (Å²) in [6.45, 7) is 0. The first-order chi connectivity index (χ1) is 9.60. The van der Waals surface area contributed by atoms with Crippen LogP contribution in [0.15, 0.2) is 35.7 Å². The van der Waals surface area contributed by atoms with Crippen molar-refractivity contribution in [1.29, 1.82) is 0 Å². The van der Waals surface area contributed by atoms with E-state index in [0.717, 1.165) is 10.3 Å². The molecule has 0 saturated heterocycles. The van der Waals surface area contributed by atoms with Gasteiger partial charge in [-0.2, -0.15) is 0 Å². The molecule has 1 heterocycles. The Morgan fingerprint density at radius 1 is 1.19 bits per heavy atom. The van der Waals surface area contributed by atoms with Gasteiger partial charge in [-0.25, -0.2) is 8.42 Å². The second kappa shape index (κ2) is 5.97. The first-order valence-corrected chi connectivity index (χ1v) is 8.90. The average molecular weight is 389 g/mol. The number of hydrogen-bond acceptors (Lipinski definition) is 3. The van der Waals surface area contributed by atoms with Crippen LogP contribution >= 0.6 is 46.4 Å². The summed E-state index contributed by atoms with van der Waals surface area (Å²) in [4.78, 5) is 13.5. The van der Waals surface area contributed by atoms with Gasteiger partial charge in [-0.1, -0.05) is 46.4 Å². The maximum Gasteiger partial charge on any atom is 0.279 e. The highest BCUT2D eigenvalue weighted by Crippen LogP contribution is 2.34. The molecule has 9 heteroatoms. The van der Waals surface area contributed by atoms with E-state index in [1.807, 2.05) is 0 Å². The summed E-state index contributed by atoms with van der Waals surface area (Å²) in [5, 5.41) is 1.52. The molecule has 114 valence electrons. The van der Waals surface area contributed by atoms with Crippen molar-refractivity contribution in [2.45, 2.75) is 9.83 Å². The summed E-state index contributed by atoms with van der Waals surface area (Å²) < 4.78 is 20.9. The zero-order valence-corrected chi connectivity index (χ0v) is 14.2. The van der Waals surface area contributed by atoms with Crippen molar-refractivity contribution in [2.24, 2.45) is 0 Å². The molecule has 1 aromatic carbocycles. The summed E-state index contributed by atoms with van der Waals surface area (Å²) in [5.74, 6) is -1.09. The van der Waals surface area contributed by atoms with Crippen LogP contribution in [0.2, 0.25) is 5.02 Å². The molecular formula is C12H9Cl4NO3S. The van der Waals surface area contributed by atoms with Crippen LogP contribution < -0.4 is 4.90 Å². The van der Waals surface area contributed by atoms with E-state index >= 15 is 0 Å². The van der Waals surface area contributed by atoms with Gasteiger partial charge in [-0.3, -0.25) is 4.79 Å². The van der Waals surface area contributed by atoms with Crippen LogP contribution in [0.5, 0.6) is 0 Å². The first kappa shape index (κ1) is 16.9. The van der Waals surface area contributed by atoms with Crippen molar-refractivity contribution < 1.29 is 13.2 Å². The van der Waals surface area contributed by atoms with E-state index in [9.17, 15) is 13.2 Å². The Labute approximate surface area is 142 Å². The van der Waals surface area contributed by atoms with Gasteiger partial charge in [0.15, 0.2) is 9.84 Å². The fraction of sp³-hybridized carbons (Fsp3) is 0.250. The van der Waals surface area contributed by atoms with E-state index < -0.39 is 25.6 Å². The molecule has 0 aliphatic carbocycles. The fourth-order valence-corrected chi connectivity index (χ4v) is 3.58. The third-order valence-electron chi connectivity index (χ3n) is 2.81. The van der Waals surface area contributed by atoms with Gasteiger partial charge in [-0.05, 0) is 30.3 Å². The molecule has 0 radical (unpaired) electrons. The third kappa shape index (κ3) is 4.05. The van der Waals surface area contributed by atoms with E-state index in [2.05, 4.69) is 0 Å². The minimum atomic E-state index is -3.37. The molecule has 2 rings (SSSR count). The lowest BCUT2D eigenvalue weighted by molar-refractivity contribution is -0.118. The summed E-state index contributed by atoms with van der Waals surface area (Å²) in [5.41, 5.74) is 0.391. The SMILES string of the molecule is O=C(N(c1ccc(Cl)cc1)C1C=CS(=O)(=O)C1)C(Cl)(Cl)Cl. The van der Waals surface area contributed by atoms with E-state index in [4.69, 9.17) is 46.4 Å². The number of carbonyl (C=O) groups is 1. The maximum atomic E-state index is 12.3. The highest BCUT2D eigenvalue weighted by atomic mass is 35.6. The van der Waals surface area contributed by atoms with Gasteiger partial charge in [-0.15, -0.1) is 0 Å². The van der Waals surface area contributed by atoms with Crippen molar-refractivity contribution in [3.8, 4) is 0 Å². The average Bonchev–Trinajstić information content (AvgIpc) is 2.71. The molecule has 1 atom stereocenters. The number of anilines is 1. The molecule has 0 bridgehead atoms. The van der Waals surface area contributed by atoms with Gasteiger partial charge in [0.25, 0.3) is 9.70 Å². The Hall–Kier alpha value is -0.460. The molecular weight excluding hydrogens is 380 g/mol. The van der Waals surface area contributed by atoms with Crippen molar-refractivity contribution >= 4 is 67.8 Å². The number of amides is 1. The lowest BCUT2D eigenvalue weighted by Crippen LogP contribution is -2.46. The number of benzene rings is 1. The first-order valence-electron chi connectivity index (χ1n) is 5.67. The maximum absolute atomic E-state index is 12.3. The molecule has 1 aliphatic heterocycles. The molecule has 0 saturated carbocycles. The van der Waals surface area contributed by atoms with Crippen LogP contribution in [0.3, 0.4) is 0 Å². The topological polar surface area (TPSA) is 54.5 Å². The van der Waals surface area contributed by atoms with Crippen molar-refractivity contribution in [3.63, 3.8) is 0 Å². The Bertz CT molecular complexity index is 679. The molecule has 4 nitrogen and oxygen atoms in total. The Morgan fingerprint density at radius 3 is 2.19 bits per heavy atom. The molecule has 0 fully saturated rings. The van der Waals surface area contributed by atoms with Crippen LogP contribution in [-0.2, 0) is 14.6 Å². The number of hydrogen-bond donors (Lipinski definition) is 0. The third-order valence-corrected chi connectivity index (χ3v) is 4.92. The number of sulfone groups is 1. The molecule has 1 unspecified atom stereocenters. The zero-order valence-electron chi connectivity index (χ0n) is 10.3. The van der Waals surface area contributed by atoms with Crippen LogP contribution in [-0.4, -0.2) is 29.9 Å². The summed E-state index contributed by atoms with van der Waals surface area (Å²) in [6.07, 6.45) is 1.39. The fourth-order valence-electron chi connectivity index (χ4n) is 1.92. The Balaban J connectivity index is 2.43. The van der Waals surface area contributed by atoms with Gasteiger partial charge < -0.3 is 4.90 Å². The van der Waals surface area contributed by atoms with Crippen molar-refractivity contribution in [2.75, 3.05) is 10.7 Å². The second-order valence-corrected chi connectivity index (χ2v) is 9.02. The number of halogens is 4. The predicted octanol–water partition coefficient (Wildman–Crippen LogP) is 3.35. The van der Waals surface area contributed by atoms with Gasteiger partial charge >= 0.3 is 0 Å². The van der Waals surface area contributed by atoms with Crippen LogP contribution in [0.1, 0.15) is 0 Å². The minimum Gasteiger partial charge on any atom is -0.301 e. The summed E-state index contributed by atoms with van der Waals surface area (Å²) in [6, 6.07) is 5.48. The summed E-state index contributed by atoms with van der Waals surface area (Å²) in [7, 11) is -3.37. The molecule has 0 aromatic heterocycles. The van der Waals surface area contributed by atoms with Crippen LogP contribution in [0.25, 0.3) is 0 Å². The van der Waals surface area contributed by atoms with Crippen LogP contribution in [0.4, 0.5) is 5.69 Å². The highest BCUT2D eigenvalue weighted by Gasteiger charge is 2.41. The monoisotopic (exact) mass is 387 g/mol. The number of alkyl halides is 3. The lowest BCUT2D eigenvalue weighted by Gasteiger charge is -2.30. The zero-order chi connectivity index (χ0) is 15.8. The number of rotatable bonds is 2. The molecule has 1 amide bonds. The standard InChI is InChI=1S/C12H9Cl4NO3S/c13-8-1-3-9(4-2-8)17(11(18)12(14,15)16)10-5-6-21(19,20)7-10/h1-6,10H,7H2. The largest absolute Gasteiger partial charge is 0.301 e. The quantitative estimate of drug-likeness (QED) is 0.730. The smallest absolute Gasteiger partial charge is 0.279 e. The van der Waals surface area contributed by atoms with Crippen LogP contribution in [0, 0.1) is 0 Å². The van der Waals surface area contributed by atoms with Gasteiger partial charge in [0, 0.05) is 16.1 Å². The Morgan fingerprint density at radius 2 is 1.76 bits per heavy atom. The van der Waals surface area contributed by atoms with Gasteiger partial charge in [0.2, 0.25) is 0 Å². The molecule has 1 aliphatic rings. The molecule has 1 aromatic rings. The number of carbonyl (C=O) groups excluding carboxylic acids is 1. The normalized spacial score (nSPS) is 20.5. The van der Waals surface area contributed by atoms with Gasteiger partial charge in [0.1, 0.15) is 0 Å². The van der Waals surface area contributed by atoms with Gasteiger partial charge in [0.05, 0.1) is 11.8 Å². The number of nitrogens with zero attached hydrogens (tertiary/aromatic N) is 1. The molecule has 0 N–H and O–H groups in total. The minimum absolute atomic E-state index is 0.262. The predicted molar refractivity (Wildman–Crippen MR) is 85.9 cm³/mol. The van der Waals surface area contributed by atoms with E-state index in [-0.39, 0.29) is 5.75 Å². The lowest BCUT2D eigenvalue weighted by atomic mass is 10.2. The molecule has 0 spiro atoms. The summed E-state index contributed by atoms with van der Waals surface area (Å²) >= 11 is 22.7. The van der Waals surface area contributed by atoms with Crippen molar-refractivity contribution in [1.82, 2.24) is 0 Å². The molecule has 21 heavy (non-hydrogen) atoms. The van der Waals surface area contributed by atoms with E-state index in [1.54, 1.807) is 24.3 Å². The highest BCUT2D eigenvalue weighted by molar-refractivity contribution is 7.94. The van der Waals surface area contributed by atoms with E-state index in [0.29, 0.717) is 10.7 Å².